The van der Waals surface area contributed by atoms with Crippen molar-refractivity contribution in [3.05, 3.63) is 157 Å². The Morgan fingerprint density at radius 1 is 0.480 bits per heavy atom. The van der Waals surface area contributed by atoms with Crippen LogP contribution < -0.4 is 0 Å². The Morgan fingerprint density at radius 2 is 1.06 bits per heavy atom. The molecule has 0 aliphatic rings. The zero-order valence-corrected chi connectivity index (χ0v) is 30.1. The van der Waals surface area contributed by atoms with Crippen molar-refractivity contribution in [3.8, 4) is 62.1 Å². The number of phenolic OH excluding ortho intramolecular Hbond substituents is 5. The van der Waals surface area contributed by atoms with Gasteiger partial charge in [0, 0.05) is 0 Å². The minimum atomic E-state index is -2.82. The van der Waals surface area contributed by atoms with Gasteiger partial charge in [-0.05, 0) is 0 Å². The fraction of sp³-hybridized carbons (Fsp3) is 0.0909. The summed E-state index contributed by atoms with van der Waals surface area (Å²) in [4.78, 5) is 0. The Morgan fingerprint density at radius 3 is 1.70 bits per heavy atom. The number of phenols is 5. The first kappa shape index (κ1) is 33.0. The molecule has 0 heterocycles. The van der Waals surface area contributed by atoms with E-state index in [2.05, 4.69) is 106 Å². The van der Waals surface area contributed by atoms with Gasteiger partial charge in [0.2, 0.25) is 0 Å². The van der Waals surface area contributed by atoms with Crippen LogP contribution in [0.3, 0.4) is 0 Å². The van der Waals surface area contributed by atoms with Crippen molar-refractivity contribution in [3.63, 3.8) is 0 Å². The van der Waals surface area contributed by atoms with Gasteiger partial charge in [0.15, 0.2) is 0 Å². The molecule has 0 amide bonds. The molecule has 0 fully saturated rings. The van der Waals surface area contributed by atoms with Crippen molar-refractivity contribution in [1.82, 2.24) is 0 Å². The number of hydrogen-bond acceptors (Lipinski definition) is 5. The van der Waals surface area contributed by atoms with Crippen LogP contribution in [0.1, 0.15) is 22.3 Å². The quantitative estimate of drug-likeness (QED) is 0.0481. The molecule has 0 aromatic heterocycles. The molecule has 0 atom stereocenters. The molecule has 6 heteroatoms. The summed E-state index contributed by atoms with van der Waals surface area (Å²) in [5.41, 5.74) is 11.2. The van der Waals surface area contributed by atoms with E-state index in [0.29, 0.717) is 4.43 Å². The van der Waals surface area contributed by atoms with Crippen molar-refractivity contribution >= 4 is 30.6 Å². The van der Waals surface area contributed by atoms with Crippen LogP contribution in [-0.2, 0) is 4.43 Å². The average molecular weight is 773 g/mol. The summed E-state index contributed by atoms with van der Waals surface area (Å²) in [6, 6.07) is 43.9. The van der Waals surface area contributed by atoms with Crippen LogP contribution >= 0.6 is 19.8 Å². The van der Waals surface area contributed by atoms with Crippen LogP contribution in [0.2, 0.25) is 0 Å². The van der Waals surface area contributed by atoms with Gasteiger partial charge in [0.1, 0.15) is 0 Å². The Bertz CT molecular complexity index is 2310. The Kier molecular flexibility index (Phi) is 8.89. The Labute approximate surface area is 298 Å². The van der Waals surface area contributed by atoms with Crippen LogP contribution in [0.25, 0.3) is 44.2 Å². The third-order valence-electron chi connectivity index (χ3n) is 9.16. The summed E-state index contributed by atoms with van der Waals surface area (Å²) in [6.07, 6.45) is 0. The minimum absolute atomic E-state index is 0.0875. The van der Waals surface area contributed by atoms with Crippen LogP contribution in [0, 0.1) is 27.9 Å². The van der Waals surface area contributed by atoms with Crippen LogP contribution in [0.15, 0.2) is 127 Å². The fourth-order valence-electron chi connectivity index (χ4n) is 6.79. The predicted molar refractivity (Wildman–Crippen MR) is 211 cm³/mol. The van der Waals surface area contributed by atoms with Gasteiger partial charge < -0.3 is 0 Å². The van der Waals surface area contributed by atoms with Gasteiger partial charge in [-0.25, -0.2) is 0 Å². The van der Waals surface area contributed by atoms with Crippen LogP contribution in [-0.4, -0.2) is 25.5 Å². The van der Waals surface area contributed by atoms with Gasteiger partial charge >= 0.3 is 294 Å². The monoisotopic (exact) mass is 772 g/mol. The van der Waals surface area contributed by atoms with E-state index in [-0.39, 0.29) is 3.57 Å². The number of rotatable bonds is 7. The second-order valence-corrected chi connectivity index (χ2v) is 17.8. The van der Waals surface area contributed by atoms with Crippen molar-refractivity contribution in [1.29, 1.82) is 0 Å². The third kappa shape index (κ3) is 6.11. The van der Waals surface area contributed by atoms with E-state index in [4.69, 9.17) is 0 Å². The summed E-state index contributed by atoms with van der Waals surface area (Å²) in [6.45, 7) is 6.29. The number of alkyl halides is 1. The molecule has 0 aliphatic heterocycles. The van der Waals surface area contributed by atoms with Gasteiger partial charge in [-0.2, -0.15) is 0 Å². The molecule has 7 rings (SSSR count). The van der Waals surface area contributed by atoms with E-state index in [1.807, 2.05) is 42.5 Å². The zero-order chi connectivity index (χ0) is 35.1. The number of benzene rings is 7. The number of aromatic hydroxyl groups is 5. The maximum atomic E-state index is 11.1. The van der Waals surface area contributed by atoms with Crippen molar-refractivity contribution in [2.75, 3.05) is 0 Å². The second-order valence-electron chi connectivity index (χ2n) is 12.6. The Hall–Kier alpha value is -5.47. The average Bonchev–Trinajstić information content (AvgIpc) is 3.13. The molecule has 0 spiro atoms. The number of hydrogen-bond donors (Lipinski definition) is 5. The molecule has 0 saturated carbocycles. The first-order valence-electron chi connectivity index (χ1n) is 16.3. The van der Waals surface area contributed by atoms with Gasteiger partial charge in [-0.1, -0.05) is 6.07 Å². The van der Waals surface area contributed by atoms with E-state index < -0.39 is 48.6 Å². The molecule has 7 aromatic carbocycles. The van der Waals surface area contributed by atoms with Crippen LogP contribution in [0.4, 0.5) is 0 Å². The first-order valence-corrected chi connectivity index (χ1v) is 20.0. The van der Waals surface area contributed by atoms with Gasteiger partial charge in [0.25, 0.3) is 0 Å². The van der Waals surface area contributed by atoms with E-state index in [0.717, 1.165) is 37.0 Å². The summed E-state index contributed by atoms with van der Waals surface area (Å²) in [5, 5.41) is 55.7. The van der Waals surface area contributed by atoms with Gasteiger partial charge in [-0.15, -0.1) is 0 Å². The van der Waals surface area contributed by atoms with E-state index in [9.17, 15) is 25.5 Å². The zero-order valence-electron chi connectivity index (χ0n) is 27.9. The molecule has 0 saturated heterocycles. The standard InChI is InChI=1S/C44H37IO5/c1-26-22-27(2)38(28(3)23-26)33-18-20-35(21-19-33)45(39-40(46)42(48)44(50)43(49)41(39)47)25-29-12-14-30(15-13-29)34-17-16-32-10-7-11-36(37(32)24-34)31-8-5-4-6-9-31/h4-24,46-50H,25H2,1-3H3. The van der Waals surface area contributed by atoms with E-state index >= 15 is 0 Å². The Balaban J connectivity index is 1.26. The summed E-state index contributed by atoms with van der Waals surface area (Å²) < 4.78 is 1.47. The van der Waals surface area contributed by atoms with Crippen LogP contribution in [0.5, 0.6) is 28.7 Å². The normalized spacial score (nSPS) is 11.5. The number of fused-ring (bicyclic) bond motifs is 1. The summed E-state index contributed by atoms with van der Waals surface area (Å²) >= 11 is -2.82. The van der Waals surface area contributed by atoms with Crippen molar-refractivity contribution in [2.45, 2.75) is 25.2 Å². The molecule has 7 aromatic rings. The molecular formula is C44H37IO5. The van der Waals surface area contributed by atoms with E-state index in [1.54, 1.807) is 0 Å². The first-order chi connectivity index (χ1) is 24.1. The van der Waals surface area contributed by atoms with Gasteiger partial charge in [-0.3, -0.25) is 0 Å². The molecule has 0 radical (unpaired) electrons. The third-order valence-corrected chi connectivity index (χ3v) is 15.3. The van der Waals surface area contributed by atoms with Crippen molar-refractivity contribution in [2.24, 2.45) is 0 Å². The number of halogens is 1. The molecule has 5 N–H and O–H groups in total. The van der Waals surface area contributed by atoms with Crippen molar-refractivity contribution < 1.29 is 25.5 Å². The maximum absolute atomic E-state index is 11.1. The topological polar surface area (TPSA) is 101 Å². The second kappa shape index (κ2) is 13.4. The molecule has 250 valence electrons. The molecule has 50 heavy (non-hydrogen) atoms. The molecule has 0 aliphatic carbocycles. The van der Waals surface area contributed by atoms with E-state index in [1.165, 1.54) is 33.0 Å². The molecular weight excluding hydrogens is 735 g/mol. The summed E-state index contributed by atoms with van der Waals surface area (Å²) in [7, 11) is 0. The predicted octanol–water partition coefficient (Wildman–Crippen LogP) is 11.0. The molecule has 0 unspecified atom stereocenters. The fourth-order valence-corrected chi connectivity index (χ4v) is 12.6. The molecule has 0 bridgehead atoms. The summed E-state index contributed by atoms with van der Waals surface area (Å²) in [5.74, 6) is -3.86. The number of aryl methyl sites for hydroxylation is 3. The van der Waals surface area contributed by atoms with Gasteiger partial charge in [0.05, 0.1) is 0 Å². The SMILES string of the molecule is Cc1cc(C)c(-c2ccc(I(Cc3ccc(-c4ccc5cccc(-c6ccccc6)c5c4)cc3)c3c(O)c(O)c(O)c(O)c3O)cc2)c(C)c1. The molecule has 5 nitrogen and oxygen atoms in total.